The van der Waals surface area contributed by atoms with Gasteiger partial charge in [-0.05, 0) is 17.5 Å². The fourth-order valence-corrected chi connectivity index (χ4v) is 2.24. The van der Waals surface area contributed by atoms with Gasteiger partial charge in [0.05, 0.1) is 0 Å². The van der Waals surface area contributed by atoms with Gasteiger partial charge in [-0.2, -0.15) is 0 Å². The summed E-state index contributed by atoms with van der Waals surface area (Å²) in [6.07, 6.45) is -0.346. The Morgan fingerprint density at radius 1 is 0.808 bits per heavy atom. The summed E-state index contributed by atoms with van der Waals surface area (Å²) in [4.78, 5) is 35.1. The fraction of sp³-hybridized carbons (Fsp3) is 0.250. The number of ether oxygens (including phenoxy) is 2. The molecule has 26 heavy (non-hydrogen) atoms. The average Bonchev–Trinajstić information content (AvgIpc) is 2.66. The zero-order valence-electron chi connectivity index (χ0n) is 14.2. The van der Waals surface area contributed by atoms with E-state index in [4.69, 9.17) is 9.47 Å². The highest BCUT2D eigenvalue weighted by Gasteiger charge is 2.28. The first-order chi connectivity index (χ1) is 12.6. The number of carbonyl (C=O) groups excluding carboxylic acids is 2. The first-order valence-electron chi connectivity index (χ1n) is 8.19. The van der Waals surface area contributed by atoms with E-state index in [1.165, 1.54) is 0 Å². The highest BCUT2D eigenvalue weighted by molar-refractivity contribution is 5.94. The van der Waals surface area contributed by atoms with Crippen LogP contribution in [0.1, 0.15) is 24.0 Å². The molecular weight excluding hydrogens is 336 g/mol. The normalized spacial score (nSPS) is 11.4. The lowest BCUT2D eigenvalue weighted by molar-refractivity contribution is -0.160. The lowest BCUT2D eigenvalue weighted by Crippen LogP contribution is -2.26. The SMILES string of the molecule is O=C(CC[C@@H](C(=O)O)C(=O)OCc1ccccc1)OCc1ccccc1. The van der Waals surface area contributed by atoms with E-state index in [0.29, 0.717) is 0 Å². The number of benzene rings is 2. The summed E-state index contributed by atoms with van der Waals surface area (Å²) in [7, 11) is 0. The minimum absolute atomic E-state index is 0.0120. The van der Waals surface area contributed by atoms with Gasteiger partial charge >= 0.3 is 17.9 Å². The van der Waals surface area contributed by atoms with Crippen molar-refractivity contribution in [2.24, 2.45) is 5.92 Å². The van der Waals surface area contributed by atoms with E-state index < -0.39 is 23.8 Å². The number of carboxylic acid groups (broad SMARTS) is 1. The molecule has 0 heterocycles. The van der Waals surface area contributed by atoms with E-state index in [9.17, 15) is 19.5 Å². The third-order valence-electron chi connectivity index (χ3n) is 3.69. The monoisotopic (exact) mass is 356 g/mol. The van der Waals surface area contributed by atoms with Gasteiger partial charge in [0.25, 0.3) is 0 Å². The number of carboxylic acids is 1. The highest BCUT2D eigenvalue weighted by atomic mass is 16.5. The molecule has 0 aliphatic carbocycles. The molecule has 2 rings (SSSR count). The largest absolute Gasteiger partial charge is 0.481 e. The number of hydrogen-bond acceptors (Lipinski definition) is 5. The lowest BCUT2D eigenvalue weighted by atomic mass is 10.0. The smallest absolute Gasteiger partial charge is 0.320 e. The topological polar surface area (TPSA) is 89.9 Å². The summed E-state index contributed by atoms with van der Waals surface area (Å²) in [6, 6.07) is 18.1. The second-order valence-electron chi connectivity index (χ2n) is 5.67. The molecule has 136 valence electrons. The van der Waals surface area contributed by atoms with Crippen LogP contribution in [0.5, 0.6) is 0 Å². The van der Waals surface area contributed by atoms with Gasteiger partial charge in [-0.1, -0.05) is 60.7 Å². The van der Waals surface area contributed by atoms with Gasteiger partial charge in [0, 0.05) is 6.42 Å². The van der Waals surface area contributed by atoms with Crippen LogP contribution in [0, 0.1) is 5.92 Å². The second kappa shape index (κ2) is 9.98. The van der Waals surface area contributed by atoms with Gasteiger partial charge in [-0.3, -0.25) is 14.4 Å². The number of rotatable bonds is 9. The van der Waals surface area contributed by atoms with Crippen LogP contribution >= 0.6 is 0 Å². The maximum absolute atomic E-state index is 12.0. The maximum atomic E-state index is 12.0. The number of carbonyl (C=O) groups is 3. The highest BCUT2D eigenvalue weighted by Crippen LogP contribution is 2.13. The van der Waals surface area contributed by atoms with Crippen LogP contribution in [0.3, 0.4) is 0 Å². The predicted molar refractivity (Wildman–Crippen MR) is 92.8 cm³/mol. The van der Waals surface area contributed by atoms with Crippen LogP contribution < -0.4 is 0 Å². The molecule has 0 aliphatic rings. The Hall–Kier alpha value is -3.15. The minimum Gasteiger partial charge on any atom is -0.481 e. The van der Waals surface area contributed by atoms with E-state index in [0.717, 1.165) is 11.1 Å². The summed E-state index contributed by atoms with van der Waals surface area (Å²) in [5.41, 5.74) is 1.59. The first-order valence-corrected chi connectivity index (χ1v) is 8.19. The van der Waals surface area contributed by atoms with Gasteiger partial charge in [0.2, 0.25) is 0 Å². The van der Waals surface area contributed by atoms with Crippen molar-refractivity contribution < 1.29 is 29.0 Å². The molecule has 0 saturated carbocycles. The van der Waals surface area contributed by atoms with Crippen molar-refractivity contribution in [2.45, 2.75) is 26.1 Å². The van der Waals surface area contributed by atoms with Crippen molar-refractivity contribution in [1.29, 1.82) is 0 Å². The lowest BCUT2D eigenvalue weighted by Gasteiger charge is -2.12. The van der Waals surface area contributed by atoms with Gasteiger partial charge < -0.3 is 14.6 Å². The zero-order chi connectivity index (χ0) is 18.8. The van der Waals surface area contributed by atoms with Gasteiger partial charge in [0.15, 0.2) is 5.92 Å². The minimum atomic E-state index is -1.40. The Morgan fingerprint density at radius 3 is 1.81 bits per heavy atom. The molecule has 0 unspecified atom stereocenters. The van der Waals surface area contributed by atoms with Crippen LogP contribution in [0.4, 0.5) is 0 Å². The average molecular weight is 356 g/mol. The molecule has 0 saturated heterocycles. The molecule has 0 amide bonds. The molecule has 2 aromatic rings. The molecule has 0 bridgehead atoms. The first kappa shape index (κ1) is 19.2. The molecule has 1 atom stereocenters. The Labute approximate surface area is 151 Å². The molecule has 2 aromatic carbocycles. The van der Waals surface area contributed by atoms with E-state index in [-0.39, 0.29) is 26.1 Å². The summed E-state index contributed by atoms with van der Waals surface area (Å²) in [6.45, 7) is 0.0950. The molecule has 6 nitrogen and oxygen atoms in total. The molecule has 1 N–H and O–H groups in total. The molecule has 6 heteroatoms. The number of aliphatic carboxylic acids is 1. The Kier molecular flexibility index (Phi) is 7.36. The molecule has 0 spiro atoms. The Morgan fingerprint density at radius 2 is 1.31 bits per heavy atom. The molecule has 0 radical (unpaired) electrons. The fourth-order valence-electron chi connectivity index (χ4n) is 2.24. The van der Waals surface area contributed by atoms with Crippen molar-refractivity contribution in [3.05, 3.63) is 71.8 Å². The number of hydrogen-bond donors (Lipinski definition) is 1. The quantitative estimate of drug-likeness (QED) is 0.549. The molecular formula is C20H20O6. The zero-order valence-corrected chi connectivity index (χ0v) is 14.2. The van der Waals surface area contributed by atoms with Crippen molar-refractivity contribution >= 4 is 17.9 Å². The summed E-state index contributed by atoms with van der Waals surface area (Å²) >= 11 is 0. The van der Waals surface area contributed by atoms with E-state index in [2.05, 4.69) is 0 Å². The van der Waals surface area contributed by atoms with Crippen LogP contribution in [0.15, 0.2) is 60.7 Å². The standard InChI is InChI=1S/C20H20O6/c21-18(25-13-15-7-3-1-4-8-15)12-11-17(19(22)23)20(24)26-14-16-9-5-2-6-10-16/h1-10,17H,11-14H2,(H,22,23)/t17-/m0/s1. The summed E-state index contributed by atoms with van der Waals surface area (Å²) in [5.74, 6) is -4.14. The van der Waals surface area contributed by atoms with Crippen molar-refractivity contribution in [1.82, 2.24) is 0 Å². The summed E-state index contributed by atoms with van der Waals surface area (Å²) in [5, 5.41) is 9.21. The van der Waals surface area contributed by atoms with Gasteiger partial charge in [-0.15, -0.1) is 0 Å². The van der Waals surface area contributed by atoms with Crippen molar-refractivity contribution in [3.63, 3.8) is 0 Å². The summed E-state index contributed by atoms with van der Waals surface area (Å²) < 4.78 is 10.1. The third-order valence-corrected chi connectivity index (χ3v) is 3.69. The van der Waals surface area contributed by atoms with E-state index >= 15 is 0 Å². The van der Waals surface area contributed by atoms with Gasteiger partial charge in [0.1, 0.15) is 13.2 Å². The third kappa shape index (κ3) is 6.39. The molecule has 0 aliphatic heterocycles. The van der Waals surface area contributed by atoms with Crippen molar-refractivity contribution in [3.8, 4) is 0 Å². The van der Waals surface area contributed by atoms with Crippen LogP contribution in [-0.2, 0) is 37.1 Å². The van der Waals surface area contributed by atoms with E-state index in [1.807, 2.05) is 36.4 Å². The Balaban J connectivity index is 1.78. The van der Waals surface area contributed by atoms with Crippen LogP contribution in [-0.4, -0.2) is 23.0 Å². The Bertz CT molecular complexity index is 726. The van der Waals surface area contributed by atoms with Crippen molar-refractivity contribution in [2.75, 3.05) is 0 Å². The molecule has 0 aromatic heterocycles. The van der Waals surface area contributed by atoms with E-state index in [1.54, 1.807) is 24.3 Å². The predicted octanol–water partition coefficient (Wildman–Crippen LogP) is 2.95. The maximum Gasteiger partial charge on any atom is 0.320 e. The molecule has 0 fully saturated rings. The van der Waals surface area contributed by atoms with Gasteiger partial charge in [-0.25, -0.2) is 0 Å². The van der Waals surface area contributed by atoms with Crippen LogP contribution in [0.25, 0.3) is 0 Å². The second-order valence-corrected chi connectivity index (χ2v) is 5.67. The van der Waals surface area contributed by atoms with Crippen LogP contribution in [0.2, 0.25) is 0 Å². The number of esters is 2.